The van der Waals surface area contributed by atoms with Crippen LogP contribution in [0.15, 0.2) is 39.1 Å². The molecule has 0 aliphatic carbocycles. The van der Waals surface area contributed by atoms with Gasteiger partial charge in [0.15, 0.2) is 0 Å². The van der Waals surface area contributed by atoms with E-state index in [1.165, 1.54) is 44.8 Å². The van der Waals surface area contributed by atoms with Crippen molar-refractivity contribution in [2.24, 2.45) is 5.16 Å². The largest absolute Gasteiger partial charge is 0.496 e. The maximum atomic E-state index is 14.3. The lowest BCUT2D eigenvalue weighted by Gasteiger charge is -2.27. The predicted molar refractivity (Wildman–Crippen MR) is 149 cm³/mol. The van der Waals surface area contributed by atoms with E-state index in [-0.39, 0.29) is 34.8 Å². The number of methoxy groups -OCH3 is 1. The van der Waals surface area contributed by atoms with Gasteiger partial charge in [-0.2, -0.15) is 4.68 Å². The maximum absolute atomic E-state index is 14.3. The van der Waals surface area contributed by atoms with Crippen molar-refractivity contribution in [3.05, 3.63) is 62.2 Å². The molecule has 1 atom stereocenters. The van der Waals surface area contributed by atoms with Gasteiger partial charge in [0.2, 0.25) is 0 Å². The van der Waals surface area contributed by atoms with Crippen molar-refractivity contribution in [2.45, 2.75) is 72.2 Å². The maximum Gasteiger partial charge on any atom is 0.354 e. The van der Waals surface area contributed by atoms with Crippen LogP contribution in [0.25, 0.3) is 12.0 Å². The zero-order valence-electron chi connectivity index (χ0n) is 24.0. The van der Waals surface area contributed by atoms with Crippen molar-refractivity contribution < 1.29 is 28.2 Å². The van der Waals surface area contributed by atoms with Gasteiger partial charge in [0, 0.05) is 19.9 Å². The molecule has 0 bridgehead atoms. The number of halogens is 1. The first-order chi connectivity index (χ1) is 18.9. The van der Waals surface area contributed by atoms with Crippen molar-refractivity contribution in [3.63, 3.8) is 0 Å². The van der Waals surface area contributed by atoms with E-state index >= 15 is 0 Å². The number of amides is 1. The Bertz CT molecular complexity index is 1390. The van der Waals surface area contributed by atoms with Crippen LogP contribution >= 0.6 is 0 Å². The number of oxime groups is 1. The average Bonchev–Trinajstić information content (AvgIpc) is 2.92. The van der Waals surface area contributed by atoms with Crippen LogP contribution < -0.4 is 21.0 Å². The Hall–Kier alpha value is -3.93. The number of likely N-dealkylation sites (N-methyl/N-ethyl adjacent to an activating group) is 1. The SMILES string of the molecule is COc1ccc(F)cc1/C(=C/n1cc(/C(C)=N/OC(C)C)c(=O)n(N(C)C(=O)C2CCCCO2)c1=O)OC(C)C. The number of benzene rings is 1. The van der Waals surface area contributed by atoms with Crippen LogP contribution in [0, 0.1) is 5.82 Å². The molecule has 1 unspecified atom stereocenters. The number of ether oxygens (including phenoxy) is 3. The Morgan fingerprint density at radius 3 is 2.50 bits per heavy atom. The summed E-state index contributed by atoms with van der Waals surface area (Å²) in [6, 6.07) is 3.89. The van der Waals surface area contributed by atoms with E-state index < -0.39 is 29.1 Å². The number of hydrogen-bond donors (Lipinski definition) is 0. The van der Waals surface area contributed by atoms with Gasteiger partial charge < -0.3 is 19.0 Å². The van der Waals surface area contributed by atoms with Crippen molar-refractivity contribution in [1.29, 1.82) is 0 Å². The Kier molecular flexibility index (Phi) is 10.3. The first-order valence-electron chi connectivity index (χ1n) is 13.1. The van der Waals surface area contributed by atoms with E-state index in [2.05, 4.69) is 5.16 Å². The summed E-state index contributed by atoms with van der Waals surface area (Å²) in [6.07, 6.45) is 3.26. The molecule has 1 aliphatic rings. The van der Waals surface area contributed by atoms with E-state index in [1.54, 1.807) is 34.6 Å². The number of carbonyl (C=O) groups is 1. The molecular weight excluding hydrogens is 523 g/mol. The van der Waals surface area contributed by atoms with Crippen LogP contribution in [0.5, 0.6) is 5.75 Å². The number of carbonyl (C=O) groups excluding carboxylic acids is 1. The molecule has 218 valence electrons. The molecule has 0 spiro atoms. The zero-order chi connectivity index (χ0) is 29.6. The number of hydrogen-bond acceptors (Lipinski definition) is 8. The second-order valence-electron chi connectivity index (χ2n) is 9.90. The molecule has 1 amide bonds. The summed E-state index contributed by atoms with van der Waals surface area (Å²) < 4.78 is 33.0. The molecular formula is C28H37FN4O7. The van der Waals surface area contributed by atoms with Gasteiger partial charge in [0.25, 0.3) is 11.5 Å². The molecule has 12 heteroatoms. The highest BCUT2D eigenvalue weighted by atomic mass is 19.1. The van der Waals surface area contributed by atoms with Crippen molar-refractivity contribution in [1.82, 2.24) is 9.24 Å². The lowest BCUT2D eigenvalue weighted by molar-refractivity contribution is -0.134. The summed E-state index contributed by atoms with van der Waals surface area (Å²) in [6.45, 7) is 9.05. The molecule has 3 rings (SSSR count). The van der Waals surface area contributed by atoms with Gasteiger partial charge in [0.1, 0.15) is 29.5 Å². The first kappa shape index (κ1) is 30.6. The van der Waals surface area contributed by atoms with Crippen LogP contribution in [0.3, 0.4) is 0 Å². The topological polar surface area (TPSA) is 114 Å². The second kappa shape index (κ2) is 13.4. The first-order valence-corrected chi connectivity index (χ1v) is 13.1. The quantitative estimate of drug-likeness (QED) is 0.249. The molecule has 0 saturated carbocycles. The van der Waals surface area contributed by atoms with Crippen molar-refractivity contribution >= 4 is 23.6 Å². The molecule has 1 saturated heterocycles. The predicted octanol–water partition coefficient (Wildman–Crippen LogP) is 3.35. The summed E-state index contributed by atoms with van der Waals surface area (Å²) in [7, 11) is 2.76. The second-order valence-corrected chi connectivity index (χ2v) is 9.90. The summed E-state index contributed by atoms with van der Waals surface area (Å²) in [5, 5.41) is 4.98. The minimum Gasteiger partial charge on any atom is -0.496 e. The monoisotopic (exact) mass is 560 g/mol. The minimum absolute atomic E-state index is 0.00387. The van der Waals surface area contributed by atoms with Gasteiger partial charge in [-0.3, -0.25) is 14.2 Å². The van der Waals surface area contributed by atoms with Gasteiger partial charge in [0.05, 0.1) is 36.3 Å². The van der Waals surface area contributed by atoms with Gasteiger partial charge in [-0.05, 0) is 72.1 Å². The lowest BCUT2D eigenvalue weighted by atomic mass is 10.1. The molecule has 0 N–H and O–H groups in total. The summed E-state index contributed by atoms with van der Waals surface area (Å²) >= 11 is 0. The molecule has 1 aromatic carbocycles. The van der Waals surface area contributed by atoms with Gasteiger partial charge in [-0.15, -0.1) is 0 Å². The van der Waals surface area contributed by atoms with Crippen molar-refractivity contribution in [3.8, 4) is 5.75 Å². The Morgan fingerprint density at radius 1 is 1.18 bits per heavy atom. The summed E-state index contributed by atoms with van der Waals surface area (Å²) in [5.74, 6) is -0.675. The fraction of sp³-hybridized carbons (Fsp3) is 0.500. The van der Waals surface area contributed by atoms with Gasteiger partial charge in [-0.25, -0.2) is 14.2 Å². The number of rotatable bonds is 10. The van der Waals surface area contributed by atoms with Crippen LogP contribution in [0.2, 0.25) is 0 Å². The van der Waals surface area contributed by atoms with E-state index in [0.29, 0.717) is 18.8 Å². The van der Waals surface area contributed by atoms with Gasteiger partial charge in [-0.1, -0.05) is 5.16 Å². The number of aromatic nitrogens is 2. The van der Waals surface area contributed by atoms with Gasteiger partial charge >= 0.3 is 5.69 Å². The van der Waals surface area contributed by atoms with Crippen LogP contribution in [0.4, 0.5) is 4.39 Å². The lowest BCUT2D eigenvalue weighted by Crippen LogP contribution is -2.56. The van der Waals surface area contributed by atoms with Crippen LogP contribution in [0.1, 0.15) is 65.0 Å². The summed E-state index contributed by atoms with van der Waals surface area (Å²) in [5.41, 5.74) is -1.21. The van der Waals surface area contributed by atoms with E-state index in [4.69, 9.17) is 19.0 Å². The molecule has 1 fully saturated rings. The third-order valence-electron chi connectivity index (χ3n) is 6.00. The molecule has 2 heterocycles. The standard InChI is InChI=1S/C28H37FN4O7/c1-17(2)39-25(21-14-20(29)11-12-23(21)37-7)16-32-15-22(19(5)30-40-18(3)4)26(34)33(28(32)36)31(6)27(35)24-10-8-9-13-38-24/h11-12,14-18,24H,8-10,13H2,1-7H3/b25-16-,30-19+. The van der Waals surface area contributed by atoms with E-state index in [9.17, 15) is 18.8 Å². The minimum atomic E-state index is -0.863. The third-order valence-corrected chi connectivity index (χ3v) is 6.00. The molecule has 1 aliphatic heterocycles. The van der Waals surface area contributed by atoms with E-state index in [0.717, 1.165) is 27.1 Å². The molecule has 11 nitrogen and oxygen atoms in total. The molecule has 1 aromatic heterocycles. The van der Waals surface area contributed by atoms with Crippen molar-refractivity contribution in [2.75, 3.05) is 25.8 Å². The normalized spacial score (nSPS) is 16.3. The highest BCUT2D eigenvalue weighted by Gasteiger charge is 2.29. The van der Waals surface area contributed by atoms with Crippen LogP contribution in [-0.2, 0) is 19.1 Å². The molecule has 2 aromatic rings. The Balaban J connectivity index is 2.28. The fourth-order valence-electron chi connectivity index (χ4n) is 4.06. The fourth-order valence-corrected chi connectivity index (χ4v) is 4.06. The number of nitrogens with zero attached hydrogens (tertiary/aromatic N) is 4. The third kappa shape index (κ3) is 7.17. The Labute approximate surface area is 232 Å². The highest BCUT2D eigenvalue weighted by molar-refractivity contribution is 5.98. The highest BCUT2D eigenvalue weighted by Crippen LogP contribution is 2.29. The van der Waals surface area contributed by atoms with Crippen LogP contribution in [-0.4, -0.2) is 59.9 Å². The zero-order valence-corrected chi connectivity index (χ0v) is 24.0. The smallest absolute Gasteiger partial charge is 0.354 e. The average molecular weight is 561 g/mol. The molecule has 40 heavy (non-hydrogen) atoms. The molecule has 0 radical (unpaired) electrons. The summed E-state index contributed by atoms with van der Waals surface area (Å²) in [4.78, 5) is 45.9. The van der Waals surface area contributed by atoms with E-state index in [1.807, 2.05) is 0 Å². The Morgan fingerprint density at radius 2 is 1.90 bits per heavy atom.